The number of carbonyl (C=O) groups is 1. The number of aryl methyl sites for hydroxylation is 1. The second kappa shape index (κ2) is 6.71. The van der Waals surface area contributed by atoms with Gasteiger partial charge in [-0.05, 0) is 30.2 Å². The zero-order chi connectivity index (χ0) is 20.0. The number of aromatic nitrogens is 5. The number of carbonyl (C=O) groups excluding carboxylic acids is 1. The third kappa shape index (κ3) is 2.92. The standard InChI is InChI=1S/C20H18N6O3/c1-11-5-12-6-13(10-27)29-17(12)7-14(11)18-16(9-22-25-18)24-20(28)15-8-23-26-4-2-3-21-19(15)26/h2-5,7-9,13,27H,6,10H2,1H3,(H,22,25)(H,24,28). The molecule has 1 aromatic carbocycles. The summed E-state index contributed by atoms with van der Waals surface area (Å²) in [5.41, 5.74) is 5.03. The van der Waals surface area contributed by atoms with Crippen molar-refractivity contribution in [1.29, 1.82) is 0 Å². The third-order valence-electron chi connectivity index (χ3n) is 5.03. The molecule has 29 heavy (non-hydrogen) atoms. The van der Waals surface area contributed by atoms with E-state index >= 15 is 0 Å². The number of aliphatic hydroxyl groups excluding tert-OH is 1. The molecule has 0 aliphatic carbocycles. The van der Waals surface area contributed by atoms with Crippen LogP contribution < -0.4 is 10.1 Å². The third-order valence-corrected chi connectivity index (χ3v) is 5.03. The van der Waals surface area contributed by atoms with Gasteiger partial charge in [-0.25, -0.2) is 9.50 Å². The molecule has 1 unspecified atom stereocenters. The molecule has 9 heteroatoms. The quantitative estimate of drug-likeness (QED) is 0.490. The van der Waals surface area contributed by atoms with Crippen LogP contribution in [0, 0.1) is 6.92 Å². The number of aromatic amines is 1. The number of hydrogen-bond acceptors (Lipinski definition) is 6. The van der Waals surface area contributed by atoms with Gasteiger partial charge in [0.25, 0.3) is 5.91 Å². The Labute approximate surface area is 165 Å². The topological polar surface area (TPSA) is 117 Å². The molecule has 0 spiro atoms. The van der Waals surface area contributed by atoms with E-state index in [9.17, 15) is 9.90 Å². The molecule has 3 aromatic heterocycles. The molecule has 1 atom stereocenters. The van der Waals surface area contributed by atoms with Gasteiger partial charge in [-0.2, -0.15) is 10.2 Å². The van der Waals surface area contributed by atoms with Crippen LogP contribution >= 0.6 is 0 Å². The molecule has 5 rings (SSSR count). The minimum Gasteiger partial charge on any atom is -0.487 e. The number of anilines is 1. The van der Waals surface area contributed by atoms with E-state index in [0.717, 1.165) is 22.4 Å². The van der Waals surface area contributed by atoms with E-state index in [1.807, 2.05) is 19.1 Å². The van der Waals surface area contributed by atoms with Gasteiger partial charge in [0, 0.05) is 24.4 Å². The average molecular weight is 390 g/mol. The maximum atomic E-state index is 12.8. The number of amides is 1. The van der Waals surface area contributed by atoms with Gasteiger partial charge < -0.3 is 15.2 Å². The summed E-state index contributed by atoms with van der Waals surface area (Å²) in [7, 11) is 0. The molecule has 0 fully saturated rings. The first-order valence-electron chi connectivity index (χ1n) is 9.18. The van der Waals surface area contributed by atoms with Crippen LogP contribution in [0.3, 0.4) is 0 Å². The molecular weight excluding hydrogens is 372 g/mol. The summed E-state index contributed by atoms with van der Waals surface area (Å²) in [6.07, 6.45) is 6.86. The van der Waals surface area contributed by atoms with Gasteiger partial charge >= 0.3 is 0 Å². The van der Waals surface area contributed by atoms with E-state index in [1.165, 1.54) is 6.20 Å². The summed E-state index contributed by atoms with van der Waals surface area (Å²) in [4.78, 5) is 17.0. The molecule has 4 aromatic rings. The number of fused-ring (bicyclic) bond motifs is 2. The number of rotatable bonds is 4. The Morgan fingerprint density at radius 3 is 3.17 bits per heavy atom. The number of ether oxygens (including phenoxy) is 1. The van der Waals surface area contributed by atoms with Crippen LogP contribution in [-0.4, -0.2) is 48.5 Å². The Morgan fingerprint density at radius 2 is 2.31 bits per heavy atom. The Kier molecular flexibility index (Phi) is 4.02. The lowest BCUT2D eigenvalue weighted by Gasteiger charge is -2.10. The Hall–Kier alpha value is -3.72. The van der Waals surface area contributed by atoms with E-state index < -0.39 is 0 Å². The number of hydrogen-bond donors (Lipinski definition) is 3. The fraction of sp³-hybridized carbons (Fsp3) is 0.200. The SMILES string of the molecule is Cc1cc2c(cc1-c1[nH]ncc1NC(=O)c1cnn3cccnc13)OC(CO)C2. The van der Waals surface area contributed by atoms with Crippen LogP contribution in [0.1, 0.15) is 21.5 Å². The van der Waals surface area contributed by atoms with Gasteiger partial charge in [0.05, 0.1) is 30.4 Å². The fourth-order valence-electron chi connectivity index (χ4n) is 3.62. The first kappa shape index (κ1) is 17.4. The molecule has 0 saturated heterocycles. The number of aliphatic hydroxyl groups is 1. The second-order valence-corrected chi connectivity index (χ2v) is 6.96. The van der Waals surface area contributed by atoms with Crippen molar-refractivity contribution in [3.05, 3.63) is 59.7 Å². The summed E-state index contributed by atoms with van der Waals surface area (Å²) >= 11 is 0. The molecule has 4 heterocycles. The van der Waals surface area contributed by atoms with Gasteiger partial charge in [-0.1, -0.05) is 6.07 Å². The number of nitrogens with zero attached hydrogens (tertiary/aromatic N) is 4. The van der Waals surface area contributed by atoms with E-state index in [1.54, 1.807) is 29.2 Å². The van der Waals surface area contributed by atoms with Crippen molar-refractivity contribution in [3.8, 4) is 17.0 Å². The van der Waals surface area contributed by atoms with Crippen LogP contribution in [0.4, 0.5) is 5.69 Å². The van der Waals surface area contributed by atoms with Crippen LogP contribution in [0.25, 0.3) is 16.9 Å². The molecular formula is C20H18N6O3. The molecule has 9 nitrogen and oxygen atoms in total. The zero-order valence-electron chi connectivity index (χ0n) is 15.6. The van der Waals surface area contributed by atoms with Crippen molar-refractivity contribution in [1.82, 2.24) is 24.8 Å². The van der Waals surface area contributed by atoms with Crippen molar-refractivity contribution in [3.63, 3.8) is 0 Å². The number of H-pyrrole nitrogens is 1. The van der Waals surface area contributed by atoms with Gasteiger partial charge in [-0.15, -0.1) is 0 Å². The predicted octanol–water partition coefficient (Wildman–Crippen LogP) is 1.98. The highest BCUT2D eigenvalue weighted by Gasteiger charge is 2.25. The van der Waals surface area contributed by atoms with Crippen LogP contribution in [0.15, 0.2) is 43.0 Å². The normalized spacial score (nSPS) is 15.3. The summed E-state index contributed by atoms with van der Waals surface area (Å²) in [6.45, 7) is 1.96. The van der Waals surface area contributed by atoms with E-state index in [4.69, 9.17) is 4.74 Å². The maximum Gasteiger partial charge on any atom is 0.261 e. The number of benzene rings is 1. The zero-order valence-corrected chi connectivity index (χ0v) is 15.6. The lowest BCUT2D eigenvalue weighted by molar-refractivity contribution is 0.102. The summed E-state index contributed by atoms with van der Waals surface area (Å²) in [5, 5.41) is 23.5. The monoisotopic (exact) mass is 390 g/mol. The van der Waals surface area contributed by atoms with Crippen LogP contribution in [-0.2, 0) is 6.42 Å². The van der Waals surface area contributed by atoms with E-state index in [2.05, 4.69) is 25.6 Å². The molecule has 0 radical (unpaired) electrons. The Balaban J connectivity index is 1.47. The summed E-state index contributed by atoms with van der Waals surface area (Å²) < 4.78 is 7.33. The second-order valence-electron chi connectivity index (χ2n) is 6.96. The van der Waals surface area contributed by atoms with Crippen LogP contribution in [0.5, 0.6) is 5.75 Å². The fourth-order valence-corrected chi connectivity index (χ4v) is 3.62. The van der Waals surface area contributed by atoms with E-state index in [-0.39, 0.29) is 18.6 Å². The van der Waals surface area contributed by atoms with Gasteiger partial charge in [0.2, 0.25) is 0 Å². The first-order valence-corrected chi connectivity index (χ1v) is 9.18. The minimum absolute atomic E-state index is 0.0257. The lowest BCUT2D eigenvalue weighted by atomic mass is 9.99. The largest absolute Gasteiger partial charge is 0.487 e. The van der Waals surface area contributed by atoms with Crippen molar-refractivity contribution in [2.45, 2.75) is 19.4 Å². The van der Waals surface area contributed by atoms with Crippen molar-refractivity contribution >= 4 is 17.2 Å². The van der Waals surface area contributed by atoms with Crippen molar-refractivity contribution in [2.24, 2.45) is 0 Å². The Bertz CT molecular complexity index is 1230. The van der Waals surface area contributed by atoms with E-state index in [0.29, 0.717) is 29.0 Å². The number of nitrogens with one attached hydrogen (secondary N) is 2. The molecule has 1 aliphatic rings. The molecule has 1 amide bonds. The predicted molar refractivity (Wildman–Crippen MR) is 105 cm³/mol. The van der Waals surface area contributed by atoms with Crippen LogP contribution in [0.2, 0.25) is 0 Å². The molecule has 1 aliphatic heterocycles. The highest BCUT2D eigenvalue weighted by molar-refractivity contribution is 6.09. The molecule has 0 saturated carbocycles. The Morgan fingerprint density at radius 1 is 1.41 bits per heavy atom. The lowest BCUT2D eigenvalue weighted by Crippen LogP contribution is -2.17. The van der Waals surface area contributed by atoms with Crippen molar-refractivity contribution < 1.29 is 14.6 Å². The highest BCUT2D eigenvalue weighted by Crippen LogP contribution is 2.37. The highest BCUT2D eigenvalue weighted by atomic mass is 16.5. The van der Waals surface area contributed by atoms with Gasteiger partial charge in [-0.3, -0.25) is 9.89 Å². The van der Waals surface area contributed by atoms with Gasteiger partial charge in [0.1, 0.15) is 17.4 Å². The molecule has 0 bridgehead atoms. The average Bonchev–Trinajstić information content (AvgIpc) is 3.44. The minimum atomic E-state index is -0.322. The van der Waals surface area contributed by atoms with Crippen molar-refractivity contribution in [2.75, 3.05) is 11.9 Å². The molecule has 3 N–H and O–H groups in total. The summed E-state index contributed by atoms with van der Waals surface area (Å²) in [6, 6.07) is 5.71. The maximum absolute atomic E-state index is 12.8. The first-order chi connectivity index (χ1) is 14.1. The smallest absolute Gasteiger partial charge is 0.261 e. The van der Waals surface area contributed by atoms with Gasteiger partial charge in [0.15, 0.2) is 5.65 Å². The molecule has 146 valence electrons. The summed E-state index contributed by atoms with van der Waals surface area (Å²) in [5.74, 6) is 0.417.